The second-order valence-corrected chi connectivity index (χ2v) is 18.4. The Morgan fingerprint density at radius 1 is 0.778 bits per heavy atom. The summed E-state index contributed by atoms with van der Waals surface area (Å²) < 4.78 is 31.2. The Hall–Kier alpha value is -0.400. The third-order valence-corrected chi connectivity index (χ3v) is 16.4. The fraction of sp³-hybridized carbons (Fsp3) is 1.00. The van der Waals surface area contributed by atoms with Gasteiger partial charge in [0.1, 0.15) is 30.0 Å². The molecule has 5 N–H and O–H groups in total. The van der Waals surface area contributed by atoms with Gasteiger partial charge in [0, 0.05) is 6.42 Å². The third-order valence-electron chi connectivity index (χ3n) is 16.4. The van der Waals surface area contributed by atoms with E-state index in [2.05, 4.69) is 34.6 Å². The van der Waals surface area contributed by atoms with Crippen molar-refractivity contribution >= 4 is 0 Å². The van der Waals surface area contributed by atoms with Crippen molar-refractivity contribution < 1.29 is 49.2 Å². The normalized spacial score (nSPS) is 66.9. The van der Waals surface area contributed by atoms with E-state index in [0.717, 1.165) is 44.9 Å². The molecular weight excluding hydrogens is 580 g/mol. The molecule has 4 saturated heterocycles. The van der Waals surface area contributed by atoms with Crippen molar-refractivity contribution in [1.29, 1.82) is 0 Å². The molecule has 10 nitrogen and oxygen atoms in total. The summed E-state index contributed by atoms with van der Waals surface area (Å²) in [5.74, 6) is 0.318. The summed E-state index contributed by atoms with van der Waals surface area (Å²) in [7, 11) is 0. The topological polar surface area (TPSA) is 151 Å². The van der Waals surface area contributed by atoms with E-state index in [-0.39, 0.29) is 57.9 Å². The largest absolute Gasteiger partial charge is 0.393 e. The van der Waals surface area contributed by atoms with Gasteiger partial charge < -0.3 is 49.2 Å². The van der Waals surface area contributed by atoms with Gasteiger partial charge in [-0.25, -0.2) is 0 Å². The van der Waals surface area contributed by atoms with Crippen molar-refractivity contribution in [3.05, 3.63) is 0 Å². The predicted octanol–water partition coefficient (Wildman–Crippen LogP) is 2.46. The van der Waals surface area contributed by atoms with Crippen LogP contribution in [0.1, 0.15) is 92.9 Å². The molecule has 0 aromatic rings. The van der Waals surface area contributed by atoms with Crippen LogP contribution in [-0.2, 0) is 23.7 Å². The molecule has 0 bridgehead atoms. The molecule has 3 spiro atoms. The first kappa shape index (κ1) is 30.6. The maximum absolute atomic E-state index is 12.2. The highest BCUT2D eigenvalue weighted by Crippen LogP contribution is 2.89. The maximum Gasteiger partial charge on any atom is 0.201 e. The lowest BCUT2D eigenvalue weighted by atomic mass is 9.41. The monoisotopic (exact) mass is 634 g/mol. The predicted molar refractivity (Wildman–Crippen MR) is 158 cm³/mol. The maximum atomic E-state index is 12.2. The summed E-state index contributed by atoms with van der Waals surface area (Å²) in [5.41, 5.74) is -0.740. The highest BCUT2D eigenvalue weighted by atomic mass is 16.8. The first-order chi connectivity index (χ1) is 21.0. The number of hydrogen-bond donors (Lipinski definition) is 5. The minimum atomic E-state index is -1.32. The van der Waals surface area contributed by atoms with Gasteiger partial charge in [0.05, 0.1) is 24.9 Å². The molecule has 0 unspecified atom stereocenters. The number of hydrogen-bond acceptors (Lipinski definition) is 10. The van der Waals surface area contributed by atoms with Crippen LogP contribution in [0.4, 0.5) is 0 Å². The van der Waals surface area contributed by atoms with Crippen LogP contribution in [0.2, 0.25) is 0 Å². The summed E-state index contributed by atoms with van der Waals surface area (Å²) in [4.78, 5) is 0. The second-order valence-electron chi connectivity index (χ2n) is 18.4. The van der Waals surface area contributed by atoms with Crippen LogP contribution in [0.3, 0.4) is 0 Å². The van der Waals surface area contributed by atoms with Gasteiger partial charge in [-0.15, -0.1) is 0 Å². The van der Waals surface area contributed by atoms with Crippen LogP contribution in [-0.4, -0.2) is 98.8 Å². The fourth-order valence-corrected chi connectivity index (χ4v) is 14.3. The average molecular weight is 635 g/mol. The van der Waals surface area contributed by atoms with Gasteiger partial charge in [-0.1, -0.05) is 34.6 Å². The van der Waals surface area contributed by atoms with Gasteiger partial charge in [0.15, 0.2) is 12.6 Å². The molecular formula is C35H54O10. The Bertz CT molecular complexity index is 1280. The zero-order chi connectivity index (χ0) is 31.9. The lowest BCUT2D eigenvalue weighted by molar-refractivity contribution is -0.344. The Labute approximate surface area is 266 Å². The van der Waals surface area contributed by atoms with Gasteiger partial charge in [-0.3, -0.25) is 0 Å². The molecule has 5 aliphatic carbocycles. The van der Waals surface area contributed by atoms with E-state index in [1.165, 1.54) is 6.42 Å². The quantitative estimate of drug-likeness (QED) is 0.226. The molecule has 5 saturated carbocycles. The molecule has 45 heavy (non-hydrogen) atoms. The van der Waals surface area contributed by atoms with E-state index in [9.17, 15) is 25.5 Å². The fourth-order valence-electron chi connectivity index (χ4n) is 14.3. The van der Waals surface area contributed by atoms with Gasteiger partial charge in [0.2, 0.25) is 5.79 Å². The standard InChI is InChI=1S/C35H54O10/c1-16-12-35(27-32(6,44-27)28(40)45-35)43-19-13-31(5)20-11-17(36)25-29(2,3)21(42-26-24(39)23(38)18(37)14-41-26)7-8-34(25)15-33(20,34)10-9-30(31,4)22(16)19/h16-28,36-40H,7-15H2,1-6H3/t16-,17+,18-,19+,20+,21+,22+,23+,24-,25+,26+,27+,28+,30-,31+,32-,33+,34-,35+/m1/s1. The summed E-state index contributed by atoms with van der Waals surface area (Å²) in [6.07, 6.45) is 0.988. The Kier molecular flexibility index (Phi) is 6.02. The van der Waals surface area contributed by atoms with Gasteiger partial charge >= 0.3 is 0 Å². The van der Waals surface area contributed by atoms with E-state index in [0.29, 0.717) is 17.8 Å². The van der Waals surface area contributed by atoms with Crippen molar-refractivity contribution in [3.8, 4) is 0 Å². The molecule has 4 heterocycles. The molecule has 254 valence electrons. The van der Waals surface area contributed by atoms with Crippen molar-refractivity contribution in [1.82, 2.24) is 0 Å². The number of aliphatic hydroxyl groups excluding tert-OH is 5. The summed E-state index contributed by atoms with van der Waals surface area (Å²) in [6, 6.07) is 0. The van der Waals surface area contributed by atoms with Crippen molar-refractivity contribution in [3.63, 3.8) is 0 Å². The number of rotatable bonds is 2. The minimum absolute atomic E-state index is 0.00470. The first-order valence-electron chi connectivity index (χ1n) is 17.7. The third kappa shape index (κ3) is 3.42. The van der Waals surface area contributed by atoms with E-state index in [1.807, 2.05) is 6.92 Å². The SMILES string of the molecule is C[C@@H]1C[C@]2(O[C@H]3C[C@@]4(C)[C@@H]5C[C@H](O)[C@H]6C(C)(C)[C@@H](O[C@@H]7OC[C@@H](O)[C@H](O)[C@H]7O)CC[C@@]67C[C@@]57CC[C@]4(C)[C@@H]13)O[C@H](O)[C@]1(C)O[C@H]21. The van der Waals surface area contributed by atoms with Crippen LogP contribution >= 0.6 is 0 Å². The number of ether oxygens (including phenoxy) is 5. The van der Waals surface area contributed by atoms with E-state index in [1.54, 1.807) is 0 Å². The van der Waals surface area contributed by atoms with E-state index >= 15 is 0 Å². The molecule has 10 heteroatoms. The summed E-state index contributed by atoms with van der Waals surface area (Å²) in [5, 5.41) is 53.7. The zero-order valence-electron chi connectivity index (χ0n) is 27.6. The van der Waals surface area contributed by atoms with E-state index in [4.69, 9.17) is 23.7 Å². The summed E-state index contributed by atoms with van der Waals surface area (Å²) >= 11 is 0. The van der Waals surface area contributed by atoms with Crippen LogP contribution in [0, 0.1) is 50.7 Å². The van der Waals surface area contributed by atoms with Crippen LogP contribution < -0.4 is 0 Å². The summed E-state index contributed by atoms with van der Waals surface area (Å²) in [6.45, 7) is 13.6. The minimum Gasteiger partial charge on any atom is -0.393 e. The van der Waals surface area contributed by atoms with Crippen LogP contribution in [0.15, 0.2) is 0 Å². The van der Waals surface area contributed by atoms with Gasteiger partial charge in [-0.2, -0.15) is 0 Å². The number of aliphatic hydroxyl groups is 5. The number of epoxide rings is 1. The van der Waals surface area contributed by atoms with Crippen LogP contribution in [0.5, 0.6) is 0 Å². The molecule has 0 radical (unpaired) electrons. The first-order valence-corrected chi connectivity index (χ1v) is 17.7. The van der Waals surface area contributed by atoms with Crippen LogP contribution in [0.25, 0.3) is 0 Å². The molecule has 0 aromatic heterocycles. The lowest BCUT2D eigenvalue weighted by Crippen LogP contribution is -2.63. The Balaban J connectivity index is 0.995. The molecule has 19 atom stereocenters. The zero-order valence-corrected chi connectivity index (χ0v) is 27.6. The Morgan fingerprint density at radius 2 is 1.53 bits per heavy atom. The molecule has 9 fully saturated rings. The highest BCUT2D eigenvalue weighted by molar-refractivity contribution is 5.33. The van der Waals surface area contributed by atoms with Gasteiger partial charge in [-0.05, 0) is 103 Å². The molecule has 0 aromatic carbocycles. The molecule has 9 aliphatic rings. The second kappa shape index (κ2) is 8.84. The Morgan fingerprint density at radius 3 is 2.22 bits per heavy atom. The van der Waals surface area contributed by atoms with E-state index < -0.39 is 48.4 Å². The van der Waals surface area contributed by atoms with Gasteiger partial charge in [0.25, 0.3) is 0 Å². The van der Waals surface area contributed by atoms with Crippen molar-refractivity contribution in [2.45, 2.75) is 160 Å². The van der Waals surface area contributed by atoms with Crippen molar-refractivity contribution in [2.24, 2.45) is 50.7 Å². The average Bonchev–Trinajstić information content (AvgIpc) is 3.79. The molecule has 4 aliphatic heterocycles. The lowest BCUT2D eigenvalue weighted by Gasteiger charge is -2.64. The highest BCUT2D eigenvalue weighted by Gasteiger charge is 2.86. The molecule has 9 rings (SSSR count). The number of fused-ring (bicyclic) bond motifs is 6. The molecule has 0 amide bonds. The van der Waals surface area contributed by atoms with Crippen molar-refractivity contribution in [2.75, 3.05) is 6.61 Å². The smallest absolute Gasteiger partial charge is 0.201 e.